The van der Waals surface area contributed by atoms with Gasteiger partial charge >= 0.3 is 5.97 Å². The first kappa shape index (κ1) is 15.7. The summed E-state index contributed by atoms with van der Waals surface area (Å²) in [5, 5.41) is 9.75. The van der Waals surface area contributed by atoms with Crippen LogP contribution in [0.5, 0.6) is 0 Å². The molecule has 0 bridgehead atoms. The lowest BCUT2D eigenvalue weighted by Gasteiger charge is -2.20. The van der Waals surface area contributed by atoms with Gasteiger partial charge in [-0.05, 0) is 31.5 Å². The molecule has 0 saturated carbocycles. The zero-order valence-corrected chi connectivity index (χ0v) is 14.0. The summed E-state index contributed by atoms with van der Waals surface area (Å²) in [6, 6.07) is 6.47. The van der Waals surface area contributed by atoms with Gasteiger partial charge in [0.1, 0.15) is 5.69 Å². The number of carbonyl (C=O) groups is 2. The second-order valence-corrected chi connectivity index (χ2v) is 7.00. The molecule has 2 heterocycles. The Balaban J connectivity index is 1.95. The molecule has 0 radical (unpaired) electrons. The number of rotatable bonds is 2. The first-order valence-corrected chi connectivity index (χ1v) is 7.95. The van der Waals surface area contributed by atoms with Crippen molar-refractivity contribution in [2.24, 2.45) is 5.41 Å². The summed E-state index contributed by atoms with van der Waals surface area (Å²) in [5.74, 6) is -1.26. The number of nitrogens with zero attached hydrogens (tertiary/aromatic N) is 1. The number of hydrogen-bond donors (Lipinski definition) is 2. The van der Waals surface area contributed by atoms with E-state index in [-0.39, 0.29) is 23.6 Å². The largest absolute Gasteiger partial charge is 0.481 e. The number of hydrogen-bond acceptors (Lipinski definition) is 3. The van der Waals surface area contributed by atoms with Crippen LogP contribution in [-0.4, -0.2) is 40.0 Å². The fraction of sp³-hybridized carbons (Fsp3) is 0.312. The molecule has 2 aromatic rings. The van der Waals surface area contributed by atoms with Gasteiger partial charge in [-0.15, -0.1) is 0 Å². The Kier molecular flexibility index (Phi) is 3.75. The lowest BCUT2D eigenvalue weighted by molar-refractivity contribution is -0.147. The van der Waals surface area contributed by atoms with E-state index >= 15 is 0 Å². The monoisotopic (exact) mass is 378 g/mol. The van der Waals surface area contributed by atoms with Crippen LogP contribution in [0.2, 0.25) is 0 Å². The van der Waals surface area contributed by atoms with Crippen molar-refractivity contribution >= 4 is 38.7 Å². The highest BCUT2D eigenvalue weighted by Gasteiger charge is 2.42. The van der Waals surface area contributed by atoms with E-state index < -0.39 is 11.4 Å². The van der Waals surface area contributed by atoms with Crippen molar-refractivity contribution in [2.45, 2.75) is 13.3 Å². The zero-order chi connectivity index (χ0) is 16.8. The molecule has 7 heteroatoms. The van der Waals surface area contributed by atoms with Crippen molar-refractivity contribution in [2.75, 3.05) is 13.1 Å². The lowest BCUT2D eigenvalue weighted by atomic mass is 9.90. The third-order valence-electron chi connectivity index (χ3n) is 4.30. The van der Waals surface area contributed by atoms with Crippen molar-refractivity contribution in [1.29, 1.82) is 0 Å². The predicted molar refractivity (Wildman–Crippen MR) is 88.5 cm³/mol. The van der Waals surface area contributed by atoms with E-state index in [9.17, 15) is 19.5 Å². The Morgan fingerprint density at radius 2 is 2.09 bits per heavy atom. The number of carboxylic acid groups (broad SMARTS) is 1. The number of aliphatic carboxylic acids is 1. The molecule has 6 nitrogen and oxygen atoms in total. The Morgan fingerprint density at radius 1 is 1.35 bits per heavy atom. The Bertz CT molecular complexity index is 876. The van der Waals surface area contributed by atoms with Crippen molar-refractivity contribution in [3.8, 4) is 0 Å². The molecule has 1 fully saturated rings. The summed E-state index contributed by atoms with van der Waals surface area (Å²) in [6.07, 6.45) is 0.402. The molecule has 2 N–H and O–H groups in total. The second-order valence-electron chi connectivity index (χ2n) is 6.08. The number of aromatic nitrogens is 1. The number of halogens is 1. The molecule has 1 aliphatic heterocycles. The van der Waals surface area contributed by atoms with Crippen molar-refractivity contribution in [3.05, 3.63) is 44.7 Å². The van der Waals surface area contributed by atoms with Gasteiger partial charge in [0.05, 0.1) is 5.41 Å². The number of fused-ring (bicyclic) bond motifs is 1. The average Bonchev–Trinajstić information content (AvgIpc) is 2.91. The minimum atomic E-state index is -0.933. The third kappa shape index (κ3) is 2.76. The summed E-state index contributed by atoms with van der Waals surface area (Å²) in [6.45, 7) is 2.13. The van der Waals surface area contributed by atoms with Crippen molar-refractivity contribution < 1.29 is 14.7 Å². The number of carbonyl (C=O) groups excluding carboxylic acids is 1. The molecule has 1 unspecified atom stereocenters. The summed E-state index contributed by atoms with van der Waals surface area (Å²) in [4.78, 5) is 40.5. The molecule has 0 aliphatic carbocycles. The van der Waals surface area contributed by atoms with Gasteiger partial charge in [0, 0.05) is 34.5 Å². The van der Waals surface area contributed by atoms with Gasteiger partial charge in [-0.25, -0.2) is 0 Å². The van der Waals surface area contributed by atoms with Crippen LogP contribution in [0.4, 0.5) is 0 Å². The number of H-pyrrole nitrogens is 1. The van der Waals surface area contributed by atoms with Gasteiger partial charge in [0.2, 0.25) is 0 Å². The smallest absolute Gasteiger partial charge is 0.311 e. The molecular weight excluding hydrogens is 364 g/mol. The van der Waals surface area contributed by atoms with Gasteiger partial charge in [-0.3, -0.25) is 14.4 Å². The standard InChI is InChI=1S/C16H15BrN2O4/c1-16(15(22)23)4-5-19(8-16)14(21)12-7-13(20)10-6-9(17)2-3-11(10)18-12/h2-3,6-7H,4-5,8H2,1H3,(H,18,20)(H,22,23). The lowest BCUT2D eigenvalue weighted by Crippen LogP contribution is -2.35. The third-order valence-corrected chi connectivity index (χ3v) is 4.79. The quantitative estimate of drug-likeness (QED) is 0.837. The Hall–Kier alpha value is -2.15. The summed E-state index contributed by atoms with van der Waals surface area (Å²) < 4.78 is 0.784. The topological polar surface area (TPSA) is 90.5 Å². The van der Waals surface area contributed by atoms with E-state index in [2.05, 4.69) is 20.9 Å². The molecule has 3 rings (SSSR count). The van der Waals surface area contributed by atoms with Crippen LogP contribution < -0.4 is 5.43 Å². The average molecular weight is 379 g/mol. The van der Waals surface area contributed by atoms with E-state index in [1.54, 1.807) is 25.1 Å². The molecule has 1 aromatic carbocycles. The van der Waals surface area contributed by atoms with E-state index in [1.807, 2.05) is 0 Å². The molecular formula is C16H15BrN2O4. The Labute approximate surface area is 140 Å². The van der Waals surface area contributed by atoms with Gasteiger partial charge in [0.25, 0.3) is 5.91 Å². The van der Waals surface area contributed by atoms with Gasteiger partial charge < -0.3 is 15.0 Å². The summed E-state index contributed by atoms with van der Waals surface area (Å²) in [5.41, 5.74) is -0.426. The summed E-state index contributed by atoms with van der Waals surface area (Å²) in [7, 11) is 0. The van der Waals surface area contributed by atoms with E-state index in [0.29, 0.717) is 23.9 Å². The van der Waals surface area contributed by atoms with Gasteiger partial charge in [0.15, 0.2) is 5.43 Å². The van der Waals surface area contributed by atoms with Crippen LogP contribution in [0.15, 0.2) is 33.5 Å². The molecule has 1 atom stereocenters. The van der Waals surface area contributed by atoms with Crippen LogP contribution in [0, 0.1) is 5.41 Å². The highest BCUT2D eigenvalue weighted by molar-refractivity contribution is 9.10. The maximum atomic E-state index is 12.6. The first-order valence-electron chi connectivity index (χ1n) is 7.15. The number of nitrogens with one attached hydrogen (secondary N) is 1. The molecule has 0 spiro atoms. The maximum absolute atomic E-state index is 12.6. The number of benzene rings is 1. The highest BCUT2D eigenvalue weighted by atomic mass is 79.9. The number of pyridine rings is 1. The van der Waals surface area contributed by atoms with Crippen LogP contribution in [0.1, 0.15) is 23.8 Å². The molecule has 1 saturated heterocycles. The minimum absolute atomic E-state index is 0.140. The van der Waals surface area contributed by atoms with Crippen molar-refractivity contribution in [1.82, 2.24) is 9.88 Å². The normalized spacial score (nSPS) is 20.9. The summed E-state index contributed by atoms with van der Waals surface area (Å²) >= 11 is 3.31. The van der Waals surface area contributed by atoms with Crippen molar-refractivity contribution in [3.63, 3.8) is 0 Å². The second kappa shape index (κ2) is 5.49. The van der Waals surface area contributed by atoms with E-state index in [4.69, 9.17) is 0 Å². The SMILES string of the molecule is CC1(C(=O)O)CCN(C(=O)c2cc(=O)c3cc(Br)ccc3[nH]2)C1. The predicted octanol–water partition coefficient (Wildman–Crippen LogP) is 2.23. The fourth-order valence-electron chi connectivity index (χ4n) is 2.81. The van der Waals surface area contributed by atoms with Crippen LogP contribution in [-0.2, 0) is 4.79 Å². The van der Waals surface area contributed by atoms with Gasteiger partial charge in [-0.1, -0.05) is 15.9 Å². The zero-order valence-electron chi connectivity index (χ0n) is 12.4. The molecule has 1 aromatic heterocycles. The molecule has 1 amide bonds. The van der Waals surface area contributed by atoms with Crippen LogP contribution in [0.3, 0.4) is 0 Å². The van der Waals surface area contributed by atoms with Crippen LogP contribution >= 0.6 is 15.9 Å². The first-order chi connectivity index (χ1) is 10.8. The Morgan fingerprint density at radius 3 is 2.74 bits per heavy atom. The number of carboxylic acids is 1. The fourth-order valence-corrected chi connectivity index (χ4v) is 3.17. The molecule has 120 valence electrons. The van der Waals surface area contributed by atoms with E-state index in [0.717, 1.165) is 4.47 Å². The van der Waals surface area contributed by atoms with Gasteiger partial charge in [-0.2, -0.15) is 0 Å². The molecule has 1 aliphatic rings. The molecule has 23 heavy (non-hydrogen) atoms. The highest BCUT2D eigenvalue weighted by Crippen LogP contribution is 2.30. The maximum Gasteiger partial charge on any atom is 0.311 e. The van der Waals surface area contributed by atoms with Crippen LogP contribution in [0.25, 0.3) is 10.9 Å². The number of aromatic amines is 1. The number of amides is 1. The minimum Gasteiger partial charge on any atom is -0.481 e. The van der Waals surface area contributed by atoms with E-state index in [1.165, 1.54) is 11.0 Å². The number of likely N-dealkylation sites (tertiary alicyclic amines) is 1.